The van der Waals surface area contributed by atoms with Gasteiger partial charge in [-0.05, 0) is 60.0 Å². The molecule has 10 heteroatoms. The minimum atomic E-state index is -3.61. The lowest BCUT2D eigenvalue weighted by atomic mass is 9.99. The number of aromatic nitrogens is 1. The number of thiophene rings is 1. The highest BCUT2D eigenvalue weighted by molar-refractivity contribution is 9.11. The Labute approximate surface area is 192 Å². The van der Waals surface area contributed by atoms with E-state index in [0.29, 0.717) is 24.5 Å². The van der Waals surface area contributed by atoms with Crippen LogP contribution in [0.3, 0.4) is 0 Å². The second-order valence-electron chi connectivity index (χ2n) is 7.15. The molecule has 0 saturated carbocycles. The van der Waals surface area contributed by atoms with E-state index >= 15 is 0 Å². The number of nitrogens with zero attached hydrogens (tertiary/aromatic N) is 2. The van der Waals surface area contributed by atoms with Crippen LogP contribution in [0.1, 0.15) is 18.4 Å². The van der Waals surface area contributed by atoms with Gasteiger partial charge in [0.1, 0.15) is 0 Å². The van der Waals surface area contributed by atoms with Gasteiger partial charge in [-0.3, -0.25) is 4.79 Å². The molecule has 1 fully saturated rings. The van der Waals surface area contributed by atoms with Gasteiger partial charge in [-0.25, -0.2) is 13.4 Å². The summed E-state index contributed by atoms with van der Waals surface area (Å²) in [6.45, 7) is 2.52. The zero-order valence-corrected chi connectivity index (χ0v) is 20.2. The number of carbonyl (C=O) groups excluding carboxylic acids is 1. The third kappa shape index (κ3) is 4.67. The number of rotatable bonds is 5. The molecule has 3 heterocycles. The number of anilines is 1. The molecule has 6 nitrogen and oxygen atoms in total. The number of amides is 1. The van der Waals surface area contributed by atoms with Crippen molar-refractivity contribution in [2.45, 2.75) is 24.7 Å². The van der Waals surface area contributed by atoms with E-state index < -0.39 is 15.9 Å². The van der Waals surface area contributed by atoms with E-state index in [2.05, 4.69) is 26.2 Å². The first-order valence-corrected chi connectivity index (χ1v) is 13.3. The van der Waals surface area contributed by atoms with Crippen LogP contribution >= 0.6 is 38.6 Å². The van der Waals surface area contributed by atoms with Crippen molar-refractivity contribution in [3.63, 3.8) is 0 Å². The number of thiazole rings is 1. The van der Waals surface area contributed by atoms with E-state index in [-0.39, 0.29) is 17.3 Å². The number of carbonyl (C=O) groups is 1. The van der Waals surface area contributed by atoms with Crippen molar-refractivity contribution in [1.82, 2.24) is 9.29 Å². The summed E-state index contributed by atoms with van der Waals surface area (Å²) in [5, 5.41) is 5.30. The van der Waals surface area contributed by atoms with Gasteiger partial charge in [-0.1, -0.05) is 17.7 Å². The minimum Gasteiger partial charge on any atom is -0.302 e. The highest BCUT2D eigenvalue weighted by Gasteiger charge is 2.33. The fraction of sp³-hybridized carbons (Fsp3) is 0.300. The van der Waals surface area contributed by atoms with Gasteiger partial charge in [-0.15, -0.1) is 22.7 Å². The Morgan fingerprint density at radius 3 is 2.70 bits per heavy atom. The highest BCUT2D eigenvalue weighted by Crippen LogP contribution is 2.33. The molecule has 0 aliphatic carbocycles. The molecule has 2 aromatic heterocycles. The average molecular weight is 527 g/mol. The number of benzene rings is 1. The summed E-state index contributed by atoms with van der Waals surface area (Å²) in [4.78, 5) is 18.6. The summed E-state index contributed by atoms with van der Waals surface area (Å²) < 4.78 is 28.4. The molecule has 0 bridgehead atoms. The van der Waals surface area contributed by atoms with Crippen molar-refractivity contribution >= 4 is 59.7 Å². The van der Waals surface area contributed by atoms with Crippen molar-refractivity contribution < 1.29 is 13.2 Å². The van der Waals surface area contributed by atoms with Gasteiger partial charge >= 0.3 is 0 Å². The maximum absolute atomic E-state index is 13.0. The zero-order chi connectivity index (χ0) is 21.3. The van der Waals surface area contributed by atoms with Crippen molar-refractivity contribution in [1.29, 1.82) is 0 Å². The Balaban J connectivity index is 1.44. The lowest BCUT2D eigenvalue weighted by Crippen LogP contribution is -2.43. The molecule has 0 radical (unpaired) electrons. The van der Waals surface area contributed by atoms with E-state index in [0.717, 1.165) is 19.9 Å². The Kier molecular flexibility index (Phi) is 6.40. The fourth-order valence-corrected chi connectivity index (χ4v) is 7.00. The van der Waals surface area contributed by atoms with Crippen molar-refractivity contribution in [3.05, 3.63) is 51.1 Å². The first kappa shape index (κ1) is 21.6. The predicted molar refractivity (Wildman–Crippen MR) is 124 cm³/mol. The quantitative estimate of drug-likeness (QED) is 0.509. The lowest BCUT2D eigenvalue weighted by molar-refractivity contribution is -0.120. The molecule has 3 aromatic rings. The van der Waals surface area contributed by atoms with E-state index in [9.17, 15) is 13.2 Å². The number of piperidine rings is 1. The van der Waals surface area contributed by atoms with Crippen LogP contribution in [0.25, 0.3) is 10.6 Å². The topological polar surface area (TPSA) is 79.4 Å². The van der Waals surface area contributed by atoms with Crippen LogP contribution in [0.2, 0.25) is 0 Å². The van der Waals surface area contributed by atoms with Crippen LogP contribution in [-0.4, -0.2) is 36.7 Å². The third-order valence-electron chi connectivity index (χ3n) is 4.97. The fourth-order valence-electron chi connectivity index (χ4n) is 3.34. The van der Waals surface area contributed by atoms with Gasteiger partial charge in [0, 0.05) is 18.5 Å². The van der Waals surface area contributed by atoms with Gasteiger partial charge in [-0.2, -0.15) is 4.31 Å². The zero-order valence-electron chi connectivity index (χ0n) is 16.2. The molecular formula is C20H20BrN3O3S3. The molecule has 30 heavy (non-hydrogen) atoms. The number of halogens is 1. The smallest absolute Gasteiger partial charge is 0.243 e. The standard InChI is InChI=1S/C20H20BrN3O3S3/c1-13-4-6-15(7-5-13)30(26,27)24-10-2-3-14(11-24)19(25)23-20-22-16(12-28-20)17-8-9-18(21)29-17/h4-9,12,14H,2-3,10-11H2,1H3,(H,22,23,25). The summed E-state index contributed by atoms with van der Waals surface area (Å²) in [5.74, 6) is -0.589. The first-order valence-electron chi connectivity index (χ1n) is 9.42. The minimum absolute atomic E-state index is 0.179. The summed E-state index contributed by atoms with van der Waals surface area (Å²) in [6.07, 6.45) is 1.30. The SMILES string of the molecule is Cc1ccc(S(=O)(=O)N2CCCC(C(=O)Nc3nc(-c4ccc(Br)s4)cs3)C2)cc1. The van der Waals surface area contributed by atoms with Gasteiger partial charge in [0.2, 0.25) is 15.9 Å². The van der Waals surface area contributed by atoms with Crippen LogP contribution in [0.15, 0.2) is 50.5 Å². The third-order valence-corrected chi connectivity index (χ3v) is 9.26. The Bertz CT molecular complexity index is 1160. The van der Waals surface area contributed by atoms with Crippen LogP contribution in [0, 0.1) is 12.8 Å². The Morgan fingerprint density at radius 1 is 1.23 bits per heavy atom. The molecule has 1 saturated heterocycles. The summed E-state index contributed by atoms with van der Waals surface area (Å²) >= 11 is 6.39. The number of nitrogens with one attached hydrogen (secondary N) is 1. The second kappa shape index (κ2) is 8.88. The molecule has 4 rings (SSSR count). The maximum Gasteiger partial charge on any atom is 0.243 e. The molecule has 1 N–H and O–H groups in total. The molecule has 158 valence electrons. The van der Waals surface area contributed by atoms with Crippen LogP contribution < -0.4 is 5.32 Å². The molecule has 1 atom stereocenters. The van der Waals surface area contributed by atoms with Gasteiger partial charge in [0.25, 0.3) is 0 Å². The number of hydrogen-bond donors (Lipinski definition) is 1. The highest BCUT2D eigenvalue weighted by atomic mass is 79.9. The molecule has 1 aromatic carbocycles. The molecule has 1 unspecified atom stereocenters. The maximum atomic E-state index is 13.0. The summed E-state index contributed by atoms with van der Waals surface area (Å²) in [5.41, 5.74) is 1.82. The number of hydrogen-bond acceptors (Lipinski definition) is 6. The van der Waals surface area contributed by atoms with Gasteiger partial charge in [0.05, 0.1) is 25.2 Å². The normalized spacial score (nSPS) is 17.7. The number of aryl methyl sites for hydroxylation is 1. The van der Waals surface area contributed by atoms with Gasteiger partial charge < -0.3 is 5.32 Å². The number of sulfonamides is 1. The summed E-state index contributed by atoms with van der Waals surface area (Å²) in [7, 11) is -3.61. The average Bonchev–Trinajstić information content (AvgIpc) is 3.37. The lowest BCUT2D eigenvalue weighted by Gasteiger charge is -2.31. The predicted octanol–water partition coefficient (Wildman–Crippen LogP) is 4.98. The van der Waals surface area contributed by atoms with Crippen LogP contribution in [-0.2, 0) is 14.8 Å². The largest absolute Gasteiger partial charge is 0.302 e. The van der Waals surface area contributed by atoms with E-state index in [1.54, 1.807) is 35.6 Å². The van der Waals surface area contributed by atoms with Crippen LogP contribution in [0.5, 0.6) is 0 Å². The monoisotopic (exact) mass is 525 g/mol. The molecule has 1 aliphatic heterocycles. The molecule has 0 spiro atoms. The molecule has 1 amide bonds. The van der Waals surface area contributed by atoms with Crippen molar-refractivity contribution in [2.75, 3.05) is 18.4 Å². The van der Waals surface area contributed by atoms with Crippen molar-refractivity contribution in [2.24, 2.45) is 5.92 Å². The second-order valence-corrected chi connectivity index (χ2v) is 12.4. The molecular weight excluding hydrogens is 506 g/mol. The van der Waals surface area contributed by atoms with E-state index in [4.69, 9.17) is 0 Å². The van der Waals surface area contributed by atoms with E-state index in [1.165, 1.54) is 15.6 Å². The first-order chi connectivity index (χ1) is 14.3. The Hall–Kier alpha value is -1.59. The summed E-state index contributed by atoms with van der Waals surface area (Å²) in [6, 6.07) is 10.7. The van der Waals surface area contributed by atoms with E-state index in [1.807, 2.05) is 24.4 Å². The van der Waals surface area contributed by atoms with Crippen molar-refractivity contribution in [3.8, 4) is 10.6 Å². The van der Waals surface area contributed by atoms with Gasteiger partial charge in [0.15, 0.2) is 5.13 Å². The van der Waals surface area contributed by atoms with Crippen LogP contribution in [0.4, 0.5) is 5.13 Å². The Morgan fingerprint density at radius 2 is 2.00 bits per heavy atom. The molecule has 1 aliphatic rings.